The second kappa shape index (κ2) is 12.2. The fraction of sp³-hybridized carbons (Fsp3) is 0. The monoisotopic (exact) mass is 731 g/mol. The Morgan fingerprint density at radius 3 is 1.89 bits per heavy atom. The van der Waals surface area contributed by atoms with Crippen molar-refractivity contribution in [2.75, 3.05) is 0 Å². The molecule has 0 fully saturated rings. The van der Waals surface area contributed by atoms with Crippen LogP contribution in [0.3, 0.4) is 0 Å². The summed E-state index contributed by atoms with van der Waals surface area (Å²) in [4.78, 5) is 15.7. The largest absolute Gasteiger partial charge is 0.456 e. The van der Waals surface area contributed by atoms with E-state index in [4.69, 9.17) is 19.4 Å². The second-order valence-electron chi connectivity index (χ2n) is 14.4. The normalized spacial score (nSPS) is 11.9. The van der Waals surface area contributed by atoms with Crippen LogP contribution in [0.5, 0.6) is 0 Å². The van der Waals surface area contributed by atoms with Crippen LogP contribution in [-0.4, -0.2) is 15.0 Å². The predicted molar refractivity (Wildman–Crippen MR) is 234 cm³/mol. The lowest BCUT2D eigenvalue weighted by atomic mass is 9.96. The average molecular weight is 732 g/mol. The molecule has 0 aliphatic heterocycles. The van der Waals surface area contributed by atoms with Gasteiger partial charge in [0.1, 0.15) is 11.2 Å². The molecule has 0 spiro atoms. The van der Waals surface area contributed by atoms with E-state index in [0.29, 0.717) is 17.5 Å². The highest BCUT2D eigenvalue weighted by molar-refractivity contribution is 7.25. The zero-order valence-electron chi connectivity index (χ0n) is 29.9. The van der Waals surface area contributed by atoms with Crippen molar-refractivity contribution in [2.24, 2.45) is 0 Å². The van der Waals surface area contributed by atoms with Crippen LogP contribution >= 0.6 is 11.3 Å². The molecule has 0 radical (unpaired) electrons. The number of para-hydroxylation sites is 1. The first-order valence-corrected chi connectivity index (χ1v) is 19.6. The molecule has 9 aromatic carbocycles. The quantitative estimate of drug-likeness (QED) is 0.181. The SMILES string of the molecule is c1ccc2cc(-c3nc(-c4cccc5cc(-c6ccc7cc8c(cc7c6)oc6ccccc68)ccc45)nc(-c4cccc5sc6ccccc6c45)n3)ccc2c1. The van der Waals surface area contributed by atoms with Gasteiger partial charge in [-0.3, -0.25) is 0 Å². The zero-order valence-corrected chi connectivity index (χ0v) is 30.7. The molecule has 3 heterocycles. The molecule has 0 N–H and O–H groups in total. The Morgan fingerprint density at radius 1 is 0.339 bits per heavy atom. The number of hydrogen-bond acceptors (Lipinski definition) is 5. The van der Waals surface area contributed by atoms with Crippen molar-refractivity contribution in [3.05, 3.63) is 176 Å². The first-order valence-electron chi connectivity index (χ1n) is 18.7. The van der Waals surface area contributed by atoms with Crippen LogP contribution in [0.1, 0.15) is 0 Å². The molecule has 0 saturated heterocycles. The van der Waals surface area contributed by atoms with Gasteiger partial charge in [-0.2, -0.15) is 0 Å². The molecule has 0 atom stereocenters. The third-order valence-electron chi connectivity index (χ3n) is 11.1. The fourth-order valence-corrected chi connectivity index (χ4v) is 9.47. The average Bonchev–Trinajstić information content (AvgIpc) is 3.82. The van der Waals surface area contributed by atoms with Gasteiger partial charge in [0.15, 0.2) is 17.5 Å². The number of rotatable bonds is 4. The number of nitrogens with zero attached hydrogens (tertiary/aromatic N) is 3. The lowest BCUT2D eigenvalue weighted by Gasteiger charge is -2.12. The van der Waals surface area contributed by atoms with Crippen LogP contribution in [0.2, 0.25) is 0 Å². The van der Waals surface area contributed by atoms with Crippen molar-refractivity contribution in [2.45, 2.75) is 0 Å². The van der Waals surface area contributed by atoms with Gasteiger partial charge in [0.05, 0.1) is 0 Å². The molecule has 4 nitrogen and oxygen atoms in total. The standard InChI is InChI=1S/C51H29N3OS/c1-2-10-31-26-36(22-19-30(31)9-1)49-52-50(54-51(53-49)42-15-8-18-47-48(42)41-13-4-6-17-46(41)56-47)40-14-7-11-35-25-33(23-24-38(35)40)32-20-21-34-28-43-39-12-3-5-16-44(39)55-45(43)29-37(34)27-32/h1-29H. The maximum atomic E-state index is 6.23. The number of hydrogen-bond donors (Lipinski definition) is 0. The maximum Gasteiger partial charge on any atom is 0.164 e. The minimum Gasteiger partial charge on any atom is -0.456 e. The van der Waals surface area contributed by atoms with Gasteiger partial charge in [-0.1, -0.05) is 127 Å². The molecule has 260 valence electrons. The molecule has 12 aromatic rings. The van der Waals surface area contributed by atoms with Gasteiger partial charge >= 0.3 is 0 Å². The van der Waals surface area contributed by atoms with Gasteiger partial charge < -0.3 is 4.42 Å². The van der Waals surface area contributed by atoms with E-state index < -0.39 is 0 Å². The highest BCUT2D eigenvalue weighted by Gasteiger charge is 2.18. The summed E-state index contributed by atoms with van der Waals surface area (Å²) in [6.45, 7) is 0. The highest BCUT2D eigenvalue weighted by Crippen LogP contribution is 2.41. The number of fused-ring (bicyclic) bond motifs is 9. The second-order valence-corrected chi connectivity index (χ2v) is 15.5. The lowest BCUT2D eigenvalue weighted by Crippen LogP contribution is -2.01. The van der Waals surface area contributed by atoms with Gasteiger partial charge in [-0.15, -0.1) is 11.3 Å². The summed E-state index contributed by atoms with van der Waals surface area (Å²) in [5.41, 5.74) is 7.03. The molecule has 5 heteroatoms. The molecular weight excluding hydrogens is 703 g/mol. The summed E-state index contributed by atoms with van der Waals surface area (Å²) < 4.78 is 8.69. The Hall–Kier alpha value is -7.21. The van der Waals surface area contributed by atoms with Crippen LogP contribution in [0.15, 0.2) is 180 Å². The van der Waals surface area contributed by atoms with E-state index >= 15 is 0 Å². The van der Waals surface area contributed by atoms with E-state index in [-0.39, 0.29) is 0 Å². The molecular formula is C51H29N3OS. The van der Waals surface area contributed by atoms with Gasteiger partial charge in [0.2, 0.25) is 0 Å². The Balaban J connectivity index is 1.02. The van der Waals surface area contributed by atoms with Crippen molar-refractivity contribution >= 4 is 85.8 Å². The summed E-state index contributed by atoms with van der Waals surface area (Å²) in [5, 5.41) is 11.5. The van der Waals surface area contributed by atoms with Crippen molar-refractivity contribution < 1.29 is 4.42 Å². The van der Waals surface area contributed by atoms with Crippen LogP contribution in [0.25, 0.3) is 120 Å². The van der Waals surface area contributed by atoms with Crippen LogP contribution in [-0.2, 0) is 0 Å². The van der Waals surface area contributed by atoms with Crippen LogP contribution in [0.4, 0.5) is 0 Å². The highest BCUT2D eigenvalue weighted by atomic mass is 32.1. The smallest absolute Gasteiger partial charge is 0.164 e. The first kappa shape index (κ1) is 31.2. The Morgan fingerprint density at radius 2 is 0.964 bits per heavy atom. The number of aromatic nitrogens is 3. The molecule has 56 heavy (non-hydrogen) atoms. The van der Waals surface area contributed by atoms with E-state index in [9.17, 15) is 0 Å². The predicted octanol–water partition coefficient (Wildman–Crippen LogP) is 14.3. The molecule has 3 aromatic heterocycles. The summed E-state index contributed by atoms with van der Waals surface area (Å²) in [6.07, 6.45) is 0. The lowest BCUT2D eigenvalue weighted by molar-refractivity contribution is 0.669. The molecule has 12 rings (SSSR count). The first-order chi connectivity index (χ1) is 27.7. The van der Waals surface area contributed by atoms with E-state index in [2.05, 4.69) is 164 Å². The van der Waals surface area contributed by atoms with E-state index in [0.717, 1.165) is 71.3 Å². The molecule has 0 aliphatic rings. The summed E-state index contributed by atoms with van der Waals surface area (Å²) >= 11 is 1.80. The summed E-state index contributed by atoms with van der Waals surface area (Å²) in [5.74, 6) is 1.96. The topological polar surface area (TPSA) is 51.8 Å². The minimum atomic E-state index is 0.647. The van der Waals surface area contributed by atoms with Crippen molar-refractivity contribution in [3.8, 4) is 45.3 Å². The van der Waals surface area contributed by atoms with Crippen molar-refractivity contribution in [1.82, 2.24) is 15.0 Å². The van der Waals surface area contributed by atoms with Crippen LogP contribution in [0, 0.1) is 0 Å². The molecule has 0 unspecified atom stereocenters. The van der Waals surface area contributed by atoms with Gasteiger partial charge in [-0.25, -0.2) is 15.0 Å². The molecule has 0 bridgehead atoms. The number of thiophene rings is 1. The third-order valence-corrected chi connectivity index (χ3v) is 12.2. The third kappa shape index (κ3) is 4.95. The summed E-state index contributed by atoms with van der Waals surface area (Å²) in [7, 11) is 0. The van der Waals surface area contributed by atoms with E-state index in [1.54, 1.807) is 11.3 Å². The zero-order chi connectivity index (χ0) is 36.7. The fourth-order valence-electron chi connectivity index (χ4n) is 8.34. The van der Waals surface area contributed by atoms with Crippen LogP contribution < -0.4 is 0 Å². The minimum absolute atomic E-state index is 0.647. The maximum absolute atomic E-state index is 6.23. The summed E-state index contributed by atoms with van der Waals surface area (Å²) in [6, 6.07) is 62.3. The van der Waals surface area contributed by atoms with Gasteiger partial charge in [0.25, 0.3) is 0 Å². The Bertz CT molecular complexity index is 3560. The molecule has 0 aliphatic carbocycles. The molecule has 0 amide bonds. The van der Waals surface area contributed by atoms with Crippen molar-refractivity contribution in [3.63, 3.8) is 0 Å². The number of furan rings is 1. The Labute approximate surface area is 325 Å². The Kier molecular flexibility index (Phi) is 6.76. The van der Waals surface area contributed by atoms with Gasteiger partial charge in [0, 0.05) is 47.6 Å². The van der Waals surface area contributed by atoms with E-state index in [1.165, 1.54) is 30.9 Å². The van der Waals surface area contributed by atoms with Gasteiger partial charge in [-0.05, 0) is 92.0 Å². The number of benzene rings is 9. The molecule has 0 saturated carbocycles. The van der Waals surface area contributed by atoms with E-state index in [1.807, 2.05) is 12.1 Å². The van der Waals surface area contributed by atoms with Crippen molar-refractivity contribution in [1.29, 1.82) is 0 Å².